The van der Waals surface area contributed by atoms with Gasteiger partial charge in [-0.3, -0.25) is 10.1 Å². The summed E-state index contributed by atoms with van der Waals surface area (Å²) >= 11 is 0. The zero-order chi connectivity index (χ0) is 20.4. The first-order valence-corrected chi connectivity index (χ1v) is 8.67. The van der Waals surface area contributed by atoms with Gasteiger partial charge in [-0.25, -0.2) is 9.78 Å². The Morgan fingerprint density at radius 3 is 2.52 bits per heavy atom. The highest BCUT2D eigenvalue weighted by molar-refractivity contribution is 6.03. The van der Waals surface area contributed by atoms with Gasteiger partial charge >= 0.3 is 5.97 Å². The molecule has 2 aromatic carbocycles. The molecule has 2 aromatic heterocycles. The second kappa shape index (κ2) is 7.40. The van der Waals surface area contributed by atoms with Crippen molar-refractivity contribution in [1.29, 1.82) is 0 Å². The third-order valence-electron chi connectivity index (χ3n) is 4.37. The SMILES string of the molecule is O=C(O)c1cc(C=Cc2ccc(-c3ccc([N+](=O)[O-])cc3)o2)nc2ccccc12. The molecule has 0 aliphatic heterocycles. The van der Waals surface area contributed by atoms with E-state index >= 15 is 0 Å². The van der Waals surface area contributed by atoms with Crippen molar-refractivity contribution in [2.24, 2.45) is 0 Å². The molecule has 142 valence electrons. The van der Waals surface area contributed by atoms with E-state index in [9.17, 15) is 20.0 Å². The van der Waals surface area contributed by atoms with Gasteiger partial charge in [0.15, 0.2) is 0 Å². The quantitative estimate of drug-likeness (QED) is 0.370. The van der Waals surface area contributed by atoms with Gasteiger partial charge in [0.1, 0.15) is 11.5 Å². The second-order valence-electron chi connectivity index (χ2n) is 6.26. The Hall–Kier alpha value is -4.26. The number of rotatable bonds is 5. The average Bonchev–Trinajstić information content (AvgIpc) is 3.20. The van der Waals surface area contributed by atoms with Crippen LogP contribution in [0.1, 0.15) is 21.8 Å². The minimum Gasteiger partial charge on any atom is -0.478 e. The second-order valence-corrected chi connectivity index (χ2v) is 6.26. The van der Waals surface area contributed by atoms with Crippen LogP contribution in [0.3, 0.4) is 0 Å². The zero-order valence-corrected chi connectivity index (χ0v) is 15.0. The number of nitrogens with zero attached hydrogens (tertiary/aromatic N) is 2. The van der Waals surface area contributed by atoms with E-state index in [0.717, 1.165) is 0 Å². The number of furan rings is 1. The summed E-state index contributed by atoms with van der Waals surface area (Å²) in [5.74, 6) is 0.0964. The van der Waals surface area contributed by atoms with Gasteiger partial charge in [-0.05, 0) is 48.6 Å². The lowest BCUT2D eigenvalue weighted by molar-refractivity contribution is -0.384. The average molecular weight is 386 g/mol. The molecule has 0 radical (unpaired) electrons. The fraction of sp³-hybridized carbons (Fsp3) is 0. The molecule has 4 aromatic rings. The van der Waals surface area contributed by atoms with Crippen LogP contribution in [0.25, 0.3) is 34.4 Å². The lowest BCUT2D eigenvalue weighted by Crippen LogP contribution is -2.00. The summed E-state index contributed by atoms with van der Waals surface area (Å²) in [4.78, 5) is 26.3. The van der Waals surface area contributed by atoms with Crippen molar-refractivity contribution in [3.63, 3.8) is 0 Å². The molecule has 0 unspecified atom stereocenters. The Morgan fingerprint density at radius 1 is 1.03 bits per heavy atom. The number of fused-ring (bicyclic) bond motifs is 1. The first kappa shape index (κ1) is 18.1. The number of nitro groups is 1. The van der Waals surface area contributed by atoms with Crippen LogP contribution in [-0.2, 0) is 0 Å². The van der Waals surface area contributed by atoms with Gasteiger partial charge in [-0.15, -0.1) is 0 Å². The molecule has 0 atom stereocenters. The van der Waals surface area contributed by atoms with Crippen molar-refractivity contribution in [2.75, 3.05) is 0 Å². The summed E-state index contributed by atoms with van der Waals surface area (Å²) in [5, 5.41) is 20.8. The fourth-order valence-corrected chi connectivity index (χ4v) is 2.97. The van der Waals surface area contributed by atoms with Crippen LogP contribution in [-0.4, -0.2) is 21.0 Å². The number of carbonyl (C=O) groups is 1. The Labute approximate surface area is 164 Å². The molecule has 0 fully saturated rings. The predicted octanol–water partition coefficient (Wildman–Crippen LogP) is 5.27. The van der Waals surface area contributed by atoms with E-state index in [4.69, 9.17) is 4.42 Å². The van der Waals surface area contributed by atoms with Crippen LogP contribution in [0.5, 0.6) is 0 Å². The van der Waals surface area contributed by atoms with Crippen LogP contribution in [0.4, 0.5) is 5.69 Å². The van der Waals surface area contributed by atoms with Crippen LogP contribution in [0.2, 0.25) is 0 Å². The Bertz CT molecular complexity index is 1260. The van der Waals surface area contributed by atoms with E-state index in [1.54, 1.807) is 60.7 Å². The van der Waals surface area contributed by atoms with Gasteiger partial charge < -0.3 is 9.52 Å². The smallest absolute Gasteiger partial charge is 0.336 e. The van der Waals surface area contributed by atoms with Crippen molar-refractivity contribution in [3.05, 3.63) is 93.9 Å². The Kier molecular flexibility index (Phi) is 4.62. The summed E-state index contributed by atoms with van der Waals surface area (Å²) in [6, 6.07) is 18.2. The molecule has 29 heavy (non-hydrogen) atoms. The molecule has 0 saturated heterocycles. The molecule has 0 bridgehead atoms. The predicted molar refractivity (Wildman–Crippen MR) is 108 cm³/mol. The number of benzene rings is 2. The van der Waals surface area contributed by atoms with E-state index in [1.165, 1.54) is 18.2 Å². The zero-order valence-electron chi connectivity index (χ0n) is 15.0. The van der Waals surface area contributed by atoms with Gasteiger partial charge in [0, 0.05) is 23.1 Å². The maximum atomic E-state index is 11.6. The van der Waals surface area contributed by atoms with Crippen LogP contribution in [0.15, 0.2) is 71.1 Å². The first-order valence-electron chi connectivity index (χ1n) is 8.67. The lowest BCUT2D eigenvalue weighted by Gasteiger charge is -2.03. The summed E-state index contributed by atoms with van der Waals surface area (Å²) in [7, 11) is 0. The van der Waals surface area contributed by atoms with Crippen LogP contribution >= 0.6 is 0 Å². The Balaban J connectivity index is 1.62. The third-order valence-corrected chi connectivity index (χ3v) is 4.37. The summed E-state index contributed by atoms with van der Waals surface area (Å²) in [6.45, 7) is 0. The number of nitro benzene ring substituents is 1. The number of carboxylic acid groups (broad SMARTS) is 1. The Morgan fingerprint density at radius 2 is 1.79 bits per heavy atom. The van der Waals surface area contributed by atoms with Gasteiger partial charge in [0.25, 0.3) is 5.69 Å². The molecule has 0 saturated carbocycles. The van der Waals surface area contributed by atoms with E-state index < -0.39 is 10.9 Å². The molecule has 7 heteroatoms. The van der Waals surface area contributed by atoms with E-state index in [-0.39, 0.29) is 11.3 Å². The maximum Gasteiger partial charge on any atom is 0.336 e. The number of hydrogen-bond donors (Lipinski definition) is 1. The number of aromatic carboxylic acids is 1. The molecular formula is C22H14N2O5. The summed E-state index contributed by atoms with van der Waals surface area (Å²) in [5.41, 5.74) is 2.00. The molecule has 1 N–H and O–H groups in total. The number of aromatic nitrogens is 1. The molecule has 0 aliphatic rings. The van der Waals surface area contributed by atoms with Crippen molar-refractivity contribution in [3.8, 4) is 11.3 Å². The molecule has 4 rings (SSSR count). The number of para-hydroxylation sites is 1. The van der Waals surface area contributed by atoms with Gasteiger partial charge in [-0.2, -0.15) is 0 Å². The topological polar surface area (TPSA) is 106 Å². The largest absolute Gasteiger partial charge is 0.478 e. The van der Waals surface area contributed by atoms with Crippen LogP contribution < -0.4 is 0 Å². The van der Waals surface area contributed by atoms with E-state index in [0.29, 0.717) is 33.7 Å². The number of hydrogen-bond acceptors (Lipinski definition) is 5. The third kappa shape index (κ3) is 3.74. The van der Waals surface area contributed by atoms with Crippen molar-refractivity contribution < 1.29 is 19.2 Å². The van der Waals surface area contributed by atoms with E-state index in [1.807, 2.05) is 0 Å². The highest BCUT2D eigenvalue weighted by Crippen LogP contribution is 2.26. The standard InChI is InChI=1S/C22H14N2O5/c25-22(26)19-13-15(23-20-4-2-1-3-18(19)20)7-10-17-11-12-21(29-17)14-5-8-16(9-6-14)24(27)28/h1-13H,(H,25,26). The van der Waals surface area contributed by atoms with E-state index in [2.05, 4.69) is 4.98 Å². The van der Waals surface area contributed by atoms with Gasteiger partial charge in [0.05, 0.1) is 21.7 Å². The minimum absolute atomic E-state index is 0.0111. The molecule has 2 heterocycles. The molecule has 0 amide bonds. The maximum absolute atomic E-state index is 11.6. The van der Waals surface area contributed by atoms with Gasteiger partial charge in [-0.1, -0.05) is 18.2 Å². The summed E-state index contributed by atoms with van der Waals surface area (Å²) < 4.78 is 5.76. The molecule has 7 nitrogen and oxygen atoms in total. The normalized spacial score (nSPS) is 11.2. The number of non-ortho nitro benzene ring substituents is 1. The molecular weight excluding hydrogens is 372 g/mol. The van der Waals surface area contributed by atoms with Crippen molar-refractivity contribution in [2.45, 2.75) is 0 Å². The molecule has 0 spiro atoms. The molecule has 0 aliphatic carbocycles. The van der Waals surface area contributed by atoms with Crippen molar-refractivity contribution in [1.82, 2.24) is 4.98 Å². The lowest BCUT2D eigenvalue weighted by atomic mass is 10.1. The van der Waals surface area contributed by atoms with Gasteiger partial charge in [0.2, 0.25) is 0 Å². The number of pyridine rings is 1. The van der Waals surface area contributed by atoms with Crippen LogP contribution in [0, 0.1) is 10.1 Å². The monoisotopic (exact) mass is 386 g/mol. The highest BCUT2D eigenvalue weighted by Gasteiger charge is 2.11. The van der Waals surface area contributed by atoms with Crippen molar-refractivity contribution >= 4 is 34.7 Å². The highest BCUT2D eigenvalue weighted by atomic mass is 16.6. The minimum atomic E-state index is -1.02. The summed E-state index contributed by atoms with van der Waals surface area (Å²) in [6.07, 6.45) is 3.37. The number of carboxylic acids is 1. The fourth-order valence-electron chi connectivity index (χ4n) is 2.97. The first-order chi connectivity index (χ1) is 14.0.